The second-order valence-electron chi connectivity index (χ2n) is 7.19. The number of aromatic hydroxyl groups is 1. The van der Waals surface area contributed by atoms with Crippen LogP contribution < -0.4 is 4.74 Å². The largest absolute Gasteiger partial charge is 0.508 e. The van der Waals surface area contributed by atoms with Crippen molar-refractivity contribution in [1.29, 1.82) is 0 Å². The Morgan fingerprint density at radius 2 is 2.14 bits per heavy atom. The first-order chi connectivity index (χ1) is 10.3. The van der Waals surface area contributed by atoms with Gasteiger partial charge in [0.2, 0.25) is 0 Å². The maximum absolute atomic E-state index is 12.2. The van der Waals surface area contributed by atoms with Crippen LogP contribution in [-0.4, -0.2) is 40.4 Å². The van der Waals surface area contributed by atoms with E-state index in [9.17, 15) is 9.90 Å². The standard InChI is InChI=1S/C17H23NO4/c1-16(2,3)22-15(20)18-10-9-17(11-18)8-7-12-13(19)5-4-6-14(12)21-17/h4-6,19H,7-11H2,1-3H3. The molecular formula is C17H23NO4. The van der Waals surface area contributed by atoms with Crippen LogP contribution in [0.1, 0.15) is 39.2 Å². The number of hydrogen-bond donors (Lipinski definition) is 1. The zero-order valence-corrected chi connectivity index (χ0v) is 13.4. The number of benzene rings is 1. The van der Waals surface area contributed by atoms with Crippen molar-refractivity contribution in [3.63, 3.8) is 0 Å². The summed E-state index contributed by atoms with van der Waals surface area (Å²) in [5.74, 6) is 1.02. The lowest BCUT2D eigenvalue weighted by atomic mass is 9.90. The van der Waals surface area contributed by atoms with Crippen molar-refractivity contribution in [2.75, 3.05) is 13.1 Å². The number of phenolic OH excluding ortho intramolecular Hbond substituents is 1. The van der Waals surface area contributed by atoms with Gasteiger partial charge in [0.1, 0.15) is 22.7 Å². The molecule has 2 aliphatic rings. The SMILES string of the molecule is CC(C)(C)OC(=O)N1CCC2(CCc3c(O)cccc3O2)C1. The highest BCUT2D eigenvalue weighted by atomic mass is 16.6. The molecule has 2 heterocycles. The maximum atomic E-state index is 12.2. The van der Waals surface area contributed by atoms with E-state index in [0.29, 0.717) is 13.1 Å². The molecule has 0 aliphatic carbocycles. The fraction of sp³-hybridized carbons (Fsp3) is 0.588. The first-order valence-corrected chi connectivity index (χ1v) is 7.76. The Hall–Kier alpha value is -1.91. The molecule has 0 saturated carbocycles. The number of amides is 1. The molecule has 0 bridgehead atoms. The molecule has 1 atom stereocenters. The Balaban J connectivity index is 1.71. The number of carbonyl (C=O) groups is 1. The zero-order chi connectivity index (χ0) is 16.0. The van der Waals surface area contributed by atoms with Gasteiger partial charge in [-0.25, -0.2) is 4.79 Å². The van der Waals surface area contributed by atoms with Gasteiger partial charge < -0.3 is 19.5 Å². The summed E-state index contributed by atoms with van der Waals surface area (Å²) in [4.78, 5) is 13.9. The van der Waals surface area contributed by atoms with Crippen molar-refractivity contribution in [3.05, 3.63) is 23.8 Å². The topological polar surface area (TPSA) is 59.0 Å². The predicted octanol–water partition coefficient (Wildman–Crippen LogP) is 3.10. The summed E-state index contributed by atoms with van der Waals surface area (Å²) >= 11 is 0. The summed E-state index contributed by atoms with van der Waals surface area (Å²) in [6.07, 6.45) is 2.08. The molecule has 0 radical (unpaired) electrons. The zero-order valence-electron chi connectivity index (χ0n) is 13.4. The third-order valence-corrected chi connectivity index (χ3v) is 4.23. The Morgan fingerprint density at radius 1 is 1.36 bits per heavy atom. The highest BCUT2D eigenvalue weighted by molar-refractivity contribution is 5.68. The predicted molar refractivity (Wildman–Crippen MR) is 82.2 cm³/mol. The minimum absolute atomic E-state index is 0.283. The van der Waals surface area contributed by atoms with Crippen LogP contribution in [0.5, 0.6) is 11.5 Å². The Bertz CT molecular complexity index is 593. The lowest BCUT2D eigenvalue weighted by molar-refractivity contribution is 0.0169. The molecule has 5 nitrogen and oxygen atoms in total. The van der Waals surface area contributed by atoms with Gasteiger partial charge in [-0.05, 0) is 45.7 Å². The molecule has 5 heteroatoms. The molecule has 3 rings (SSSR count). The van der Waals surface area contributed by atoms with Crippen LogP contribution in [0.15, 0.2) is 18.2 Å². The maximum Gasteiger partial charge on any atom is 0.410 e. The highest BCUT2D eigenvalue weighted by Gasteiger charge is 2.45. The van der Waals surface area contributed by atoms with Gasteiger partial charge >= 0.3 is 6.09 Å². The first-order valence-electron chi connectivity index (χ1n) is 7.76. The van der Waals surface area contributed by atoms with Crippen molar-refractivity contribution in [3.8, 4) is 11.5 Å². The van der Waals surface area contributed by atoms with E-state index >= 15 is 0 Å². The van der Waals surface area contributed by atoms with Crippen LogP contribution in [0.3, 0.4) is 0 Å². The summed E-state index contributed by atoms with van der Waals surface area (Å²) in [7, 11) is 0. The fourth-order valence-corrected chi connectivity index (χ4v) is 3.15. The molecule has 1 amide bonds. The average Bonchev–Trinajstić information content (AvgIpc) is 2.81. The van der Waals surface area contributed by atoms with Crippen LogP contribution >= 0.6 is 0 Å². The van der Waals surface area contributed by atoms with Crippen LogP contribution in [0.2, 0.25) is 0 Å². The Kier molecular flexibility index (Phi) is 3.46. The van der Waals surface area contributed by atoms with Gasteiger partial charge in [0.15, 0.2) is 0 Å². The van der Waals surface area contributed by atoms with Crippen molar-refractivity contribution in [2.24, 2.45) is 0 Å². The molecule has 1 saturated heterocycles. The molecule has 1 spiro atoms. The van der Waals surface area contributed by atoms with Crippen LogP contribution in [0.4, 0.5) is 4.79 Å². The van der Waals surface area contributed by atoms with E-state index in [4.69, 9.17) is 9.47 Å². The van der Waals surface area contributed by atoms with Crippen LogP contribution in [0, 0.1) is 0 Å². The third-order valence-electron chi connectivity index (χ3n) is 4.23. The fourth-order valence-electron chi connectivity index (χ4n) is 3.15. The highest BCUT2D eigenvalue weighted by Crippen LogP contribution is 2.41. The van der Waals surface area contributed by atoms with Crippen molar-refractivity contribution >= 4 is 6.09 Å². The van der Waals surface area contributed by atoms with Crippen LogP contribution in [-0.2, 0) is 11.2 Å². The van der Waals surface area contributed by atoms with Crippen LogP contribution in [0.25, 0.3) is 0 Å². The number of carbonyl (C=O) groups excluding carboxylic acids is 1. The number of ether oxygens (including phenoxy) is 2. The summed E-state index contributed by atoms with van der Waals surface area (Å²) in [6.45, 7) is 6.78. The number of nitrogens with zero attached hydrogens (tertiary/aromatic N) is 1. The molecule has 2 aliphatic heterocycles. The summed E-state index contributed by atoms with van der Waals surface area (Å²) < 4.78 is 11.6. The van der Waals surface area contributed by atoms with E-state index in [1.54, 1.807) is 17.0 Å². The number of phenols is 1. The number of rotatable bonds is 0. The lowest BCUT2D eigenvalue weighted by Gasteiger charge is -2.35. The third kappa shape index (κ3) is 2.85. The van der Waals surface area contributed by atoms with Crippen molar-refractivity contribution in [1.82, 2.24) is 4.90 Å². The first kappa shape index (κ1) is 15.0. The van der Waals surface area contributed by atoms with E-state index in [2.05, 4.69) is 0 Å². The number of likely N-dealkylation sites (tertiary alicyclic amines) is 1. The number of fused-ring (bicyclic) bond motifs is 1. The minimum Gasteiger partial charge on any atom is -0.508 e. The molecule has 1 fully saturated rings. The average molecular weight is 305 g/mol. The van der Waals surface area contributed by atoms with E-state index < -0.39 is 5.60 Å². The second kappa shape index (κ2) is 5.07. The van der Waals surface area contributed by atoms with E-state index in [-0.39, 0.29) is 17.4 Å². The van der Waals surface area contributed by atoms with Gasteiger partial charge in [0.05, 0.1) is 6.54 Å². The van der Waals surface area contributed by atoms with Gasteiger partial charge in [-0.15, -0.1) is 0 Å². The number of hydrogen-bond acceptors (Lipinski definition) is 4. The van der Waals surface area contributed by atoms with Gasteiger partial charge in [0, 0.05) is 18.5 Å². The summed E-state index contributed by atoms with van der Waals surface area (Å²) in [5.41, 5.74) is 0.0277. The van der Waals surface area contributed by atoms with Crippen molar-refractivity contribution in [2.45, 2.75) is 51.2 Å². The van der Waals surface area contributed by atoms with E-state index in [1.165, 1.54) is 0 Å². The van der Waals surface area contributed by atoms with E-state index in [1.807, 2.05) is 26.8 Å². The summed E-state index contributed by atoms with van der Waals surface area (Å²) in [6, 6.07) is 5.35. The van der Waals surface area contributed by atoms with E-state index in [0.717, 1.165) is 30.6 Å². The molecule has 1 aromatic carbocycles. The Labute approximate surface area is 130 Å². The molecule has 1 aromatic rings. The van der Waals surface area contributed by atoms with Crippen molar-refractivity contribution < 1.29 is 19.4 Å². The normalized spacial score (nSPS) is 24.0. The molecule has 22 heavy (non-hydrogen) atoms. The second-order valence-corrected chi connectivity index (χ2v) is 7.19. The molecule has 0 aromatic heterocycles. The lowest BCUT2D eigenvalue weighted by Crippen LogP contribution is -2.44. The van der Waals surface area contributed by atoms with Gasteiger partial charge in [-0.3, -0.25) is 0 Å². The molecule has 1 unspecified atom stereocenters. The minimum atomic E-state index is -0.487. The quantitative estimate of drug-likeness (QED) is 0.800. The van der Waals surface area contributed by atoms with Gasteiger partial charge in [0.25, 0.3) is 0 Å². The monoisotopic (exact) mass is 305 g/mol. The van der Waals surface area contributed by atoms with Gasteiger partial charge in [-0.2, -0.15) is 0 Å². The van der Waals surface area contributed by atoms with Gasteiger partial charge in [-0.1, -0.05) is 6.07 Å². The smallest absolute Gasteiger partial charge is 0.410 e. The molecular weight excluding hydrogens is 282 g/mol. The molecule has 120 valence electrons. The molecule has 1 N–H and O–H groups in total. The Morgan fingerprint density at radius 3 is 2.86 bits per heavy atom. The summed E-state index contributed by atoms with van der Waals surface area (Å²) in [5, 5.41) is 9.89.